The zero-order chi connectivity index (χ0) is 24.9. The molecule has 0 saturated carbocycles. The van der Waals surface area contributed by atoms with E-state index in [-0.39, 0.29) is 22.3 Å². The average Bonchev–Trinajstić information content (AvgIpc) is 2.54. The van der Waals surface area contributed by atoms with Gasteiger partial charge in [0.15, 0.2) is 0 Å². The third kappa shape index (κ3) is 8.33. The molecule has 1 aromatic rings. The zero-order valence-corrected chi connectivity index (χ0v) is 26.0. The maximum absolute atomic E-state index is 10.8. The number of rotatable bonds is 4. The molecule has 1 aromatic carbocycles. The highest BCUT2D eigenvalue weighted by molar-refractivity contribution is 6.72. The lowest BCUT2D eigenvalue weighted by Gasteiger charge is -2.34. The van der Waals surface area contributed by atoms with Crippen molar-refractivity contribution in [2.24, 2.45) is 0 Å². The fraction of sp³-hybridized carbons (Fsp3) is 0.571. The van der Waals surface area contributed by atoms with Gasteiger partial charge in [-0.3, -0.25) is 0 Å². The van der Waals surface area contributed by atoms with Gasteiger partial charge in [0.1, 0.15) is 27.3 Å². The van der Waals surface area contributed by atoms with Crippen LogP contribution in [0.15, 0.2) is 6.07 Å². The molecule has 0 fully saturated rings. The summed E-state index contributed by atoms with van der Waals surface area (Å²) >= 11 is 97.0. The second-order valence-corrected chi connectivity index (χ2v) is 17.1. The third-order valence-corrected chi connectivity index (χ3v) is 9.80. The van der Waals surface area contributed by atoms with E-state index in [1.165, 1.54) is 0 Å². The van der Waals surface area contributed by atoms with Crippen LogP contribution in [-0.2, 0) is 0 Å². The number of hydrogen-bond donors (Lipinski definition) is 1. The molecule has 4 atom stereocenters. The Morgan fingerprint density at radius 3 is 1.10 bits per heavy atom. The molecule has 0 aliphatic carbocycles. The highest BCUT2D eigenvalue weighted by atomic mass is 35.6. The second kappa shape index (κ2) is 11.6. The summed E-state index contributed by atoms with van der Waals surface area (Å²) < 4.78 is -8.75. The normalized spacial score (nSPS) is 17.9. The molecule has 1 N–H and O–H groups in total. The number of alkyl halides is 16. The summed E-state index contributed by atoms with van der Waals surface area (Å²) in [4.78, 5) is 0. The molecule has 180 valence electrons. The van der Waals surface area contributed by atoms with Crippen molar-refractivity contribution in [1.82, 2.24) is 0 Å². The van der Waals surface area contributed by atoms with Crippen LogP contribution in [0.5, 0.6) is 5.75 Å². The summed E-state index contributed by atoms with van der Waals surface area (Å²) in [5, 5.41) is 4.58. The van der Waals surface area contributed by atoms with Gasteiger partial charge in [0.2, 0.25) is 15.2 Å². The van der Waals surface area contributed by atoms with Gasteiger partial charge in [-0.25, -0.2) is 0 Å². The van der Waals surface area contributed by atoms with Crippen LogP contribution < -0.4 is 0 Å². The molecule has 31 heavy (non-hydrogen) atoms. The summed E-state index contributed by atoms with van der Waals surface area (Å²) in [5.41, 5.74) is -0.849. The Bertz CT molecular complexity index is 786. The van der Waals surface area contributed by atoms with Crippen LogP contribution in [0.2, 0.25) is 0 Å². The maximum atomic E-state index is 10.8. The monoisotopic (exact) mass is 750 g/mol. The van der Waals surface area contributed by atoms with Crippen LogP contribution in [0.4, 0.5) is 0 Å². The van der Waals surface area contributed by atoms with Gasteiger partial charge in [-0.2, -0.15) is 0 Å². The van der Waals surface area contributed by atoms with E-state index >= 15 is 0 Å². The first-order chi connectivity index (χ1) is 13.5. The van der Waals surface area contributed by atoms with Gasteiger partial charge in [-0.15, -0.1) is 46.4 Å². The van der Waals surface area contributed by atoms with Crippen molar-refractivity contribution in [2.75, 3.05) is 0 Å². The van der Waals surface area contributed by atoms with Gasteiger partial charge >= 0.3 is 0 Å². The van der Waals surface area contributed by atoms with Crippen molar-refractivity contribution >= 4 is 186 Å². The number of phenols is 1. The van der Waals surface area contributed by atoms with Gasteiger partial charge < -0.3 is 5.11 Å². The number of phenolic OH excluding ortho intramolecular Hbond substituents is 1. The van der Waals surface area contributed by atoms with Crippen LogP contribution in [-0.4, -0.2) is 20.3 Å². The molecule has 0 spiro atoms. The van der Waals surface area contributed by atoms with Crippen molar-refractivity contribution in [3.63, 3.8) is 0 Å². The lowest BCUT2D eigenvalue weighted by molar-refractivity contribution is 0.464. The van der Waals surface area contributed by atoms with Crippen molar-refractivity contribution in [2.45, 2.75) is 36.7 Å². The lowest BCUT2D eigenvalue weighted by atomic mass is 9.88. The minimum absolute atomic E-state index is 0.127. The fourth-order valence-corrected chi connectivity index (χ4v) is 4.66. The van der Waals surface area contributed by atoms with Gasteiger partial charge in [0.05, 0.1) is 0 Å². The van der Waals surface area contributed by atoms with E-state index in [0.29, 0.717) is 0 Å². The molecule has 1 nitrogen and oxygen atoms in total. The molecular weight excluding hydrogens is 751 g/mol. The number of aromatic hydroxyl groups is 1. The predicted molar refractivity (Wildman–Crippen MR) is 144 cm³/mol. The Hall–Kier alpha value is 3.66. The quantitative estimate of drug-likeness (QED) is 0.303. The minimum atomic E-state index is -2.23. The van der Waals surface area contributed by atoms with E-state index in [2.05, 4.69) is 0 Å². The zero-order valence-electron chi connectivity index (χ0n) is 13.9. The molecule has 0 saturated heterocycles. The van der Waals surface area contributed by atoms with Crippen LogP contribution >= 0.6 is 186 Å². The molecule has 0 aliphatic rings. The highest BCUT2D eigenvalue weighted by Gasteiger charge is 2.48. The Kier molecular flexibility index (Phi) is 12.2. The van der Waals surface area contributed by atoms with E-state index in [9.17, 15) is 5.11 Å². The first-order valence-electron chi connectivity index (χ1n) is 7.25. The second-order valence-electron chi connectivity index (χ2n) is 5.84. The van der Waals surface area contributed by atoms with Gasteiger partial charge in [-0.1, -0.05) is 139 Å². The summed E-state index contributed by atoms with van der Waals surface area (Å²) in [6.45, 7) is 0. The maximum Gasteiger partial charge on any atom is 0.210 e. The van der Waals surface area contributed by atoms with E-state index in [0.717, 1.165) is 6.07 Å². The van der Waals surface area contributed by atoms with Crippen molar-refractivity contribution < 1.29 is 5.11 Å². The highest BCUT2D eigenvalue weighted by Crippen LogP contribution is 2.60. The van der Waals surface area contributed by atoms with E-state index < -0.39 is 42.4 Å². The number of halogens is 16. The third-order valence-electron chi connectivity index (χ3n) is 3.64. The molecule has 0 bridgehead atoms. The molecule has 0 aliphatic heterocycles. The first kappa shape index (κ1) is 32.7. The number of hydrogen-bond acceptors (Lipinski definition) is 1. The molecule has 0 aromatic heterocycles. The predicted octanol–water partition coefficient (Wildman–Crippen LogP) is 12.0. The first-order valence-corrected chi connectivity index (χ1v) is 13.5. The van der Waals surface area contributed by atoms with Crippen LogP contribution in [0.25, 0.3) is 0 Å². The Morgan fingerprint density at radius 2 is 0.774 bits per heavy atom. The van der Waals surface area contributed by atoms with Crippen molar-refractivity contribution in [3.05, 3.63) is 28.3 Å². The molecule has 0 heterocycles. The largest absolute Gasteiger partial charge is 0.508 e. The SMILES string of the molecule is Oc1cc(C(Cl)C(Cl)(Cl)Cl)c(C(Cl)C(Cl)(Cl)Cl)c(C(Cl)C(Cl)(Cl)Cl)c1C(Cl)C(Cl)(Cl)Cl. The Balaban J connectivity index is 4.27. The van der Waals surface area contributed by atoms with Gasteiger partial charge in [0.25, 0.3) is 0 Å². The minimum Gasteiger partial charge on any atom is -0.508 e. The van der Waals surface area contributed by atoms with Gasteiger partial charge in [0, 0.05) is 5.56 Å². The topological polar surface area (TPSA) is 20.2 Å². The molecule has 0 radical (unpaired) electrons. The Morgan fingerprint density at radius 1 is 0.484 bits per heavy atom. The Labute approximate surface area is 258 Å². The van der Waals surface area contributed by atoms with Crippen molar-refractivity contribution in [3.8, 4) is 5.75 Å². The van der Waals surface area contributed by atoms with Gasteiger partial charge in [-0.05, 0) is 22.8 Å². The van der Waals surface area contributed by atoms with E-state index in [1.54, 1.807) is 0 Å². The van der Waals surface area contributed by atoms with Crippen LogP contribution in [0, 0.1) is 0 Å². The lowest BCUT2D eigenvalue weighted by Crippen LogP contribution is -2.26. The van der Waals surface area contributed by atoms with E-state index in [1.807, 2.05) is 0 Å². The molecule has 17 heteroatoms. The standard InChI is InChI=1S/C14H6Cl16O/c15-7(11(19,20)21)2-1-3(31)5(9(17)13(25,26)27)6(10(18)14(28,29)30)4(2)8(16)12(22,23)24/h1,7-10,31H. The molecule has 0 amide bonds. The fourth-order valence-electron chi connectivity index (χ4n) is 2.44. The molecular formula is C14H6Cl16O. The summed E-state index contributed by atoms with van der Waals surface area (Å²) in [7, 11) is 0. The molecule has 1 rings (SSSR count). The van der Waals surface area contributed by atoms with Crippen LogP contribution in [0.1, 0.15) is 43.8 Å². The van der Waals surface area contributed by atoms with Crippen molar-refractivity contribution in [1.29, 1.82) is 0 Å². The van der Waals surface area contributed by atoms with E-state index in [4.69, 9.17) is 186 Å². The summed E-state index contributed by atoms with van der Waals surface area (Å²) in [6.07, 6.45) is 0. The summed E-state index contributed by atoms with van der Waals surface area (Å²) in [6, 6.07) is 1.03. The average molecular weight is 757 g/mol. The molecule has 4 unspecified atom stereocenters. The van der Waals surface area contributed by atoms with Crippen LogP contribution in [0.3, 0.4) is 0 Å². The smallest absolute Gasteiger partial charge is 0.210 e. The summed E-state index contributed by atoms with van der Waals surface area (Å²) in [5.74, 6) is -0.604. The number of benzene rings is 1.